The standard InChI is InChI=1S/C40H25N3S/c1-3-12-27(13-4-1)36-39-37(42-40(41-36)28-14-5-2-6-15-28)33-19-11-18-30(38(33)44-39)26-22-24-29(25-23-26)43-34-20-9-7-16-31(34)32-17-8-10-21-35(32)43/h1-25H. The van der Waals surface area contributed by atoms with Crippen molar-refractivity contribution in [3.63, 3.8) is 0 Å². The van der Waals surface area contributed by atoms with Crippen LogP contribution < -0.4 is 0 Å². The molecule has 9 aromatic rings. The molecule has 3 nitrogen and oxygen atoms in total. The molecule has 0 saturated heterocycles. The van der Waals surface area contributed by atoms with Gasteiger partial charge in [-0.05, 0) is 35.4 Å². The number of nitrogens with zero attached hydrogens (tertiary/aromatic N) is 3. The normalized spacial score (nSPS) is 11.6. The lowest BCUT2D eigenvalue weighted by atomic mass is 10.0. The zero-order valence-corrected chi connectivity index (χ0v) is 24.5. The second kappa shape index (κ2) is 10.0. The summed E-state index contributed by atoms with van der Waals surface area (Å²) in [6, 6.07) is 53.6. The molecule has 3 heterocycles. The van der Waals surface area contributed by atoms with E-state index < -0.39 is 0 Å². The first kappa shape index (κ1) is 25.0. The number of benzene rings is 6. The Bertz CT molecular complexity index is 2420. The van der Waals surface area contributed by atoms with E-state index in [9.17, 15) is 0 Å². The number of rotatable bonds is 4. The van der Waals surface area contributed by atoms with Crippen LogP contribution in [-0.2, 0) is 0 Å². The molecule has 0 bridgehead atoms. The van der Waals surface area contributed by atoms with Gasteiger partial charge in [-0.25, -0.2) is 9.97 Å². The van der Waals surface area contributed by atoms with Gasteiger partial charge < -0.3 is 4.57 Å². The largest absolute Gasteiger partial charge is 0.309 e. The van der Waals surface area contributed by atoms with Crippen LogP contribution in [0.5, 0.6) is 0 Å². The Labute approximate surface area is 258 Å². The number of hydrogen-bond acceptors (Lipinski definition) is 3. The van der Waals surface area contributed by atoms with Gasteiger partial charge in [0.2, 0.25) is 0 Å². The van der Waals surface area contributed by atoms with Crippen LogP contribution in [0.2, 0.25) is 0 Å². The van der Waals surface area contributed by atoms with Crippen molar-refractivity contribution in [2.45, 2.75) is 0 Å². The average molecular weight is 580 g/mol. The summed E-state index contributed by atoms with van der Waals surface area (Å²) >= 11 is 1.78. The van der Waals surface area contributed by atoms with Crippen LogP contribution in [0, 0.1) is 0 Å². The Hall–Kier alpha value is -5.58. The third-order valence-corrected chi connectivity index (χ3v) is 9.67. The van der Waals surface area contributed by atoms with E-state index in [2.05, 4.69) is 132 Å². The first-order valence-electron chi connectivity index (χ1n) is 14.8. The molecular formula is C40H25N3S. The smallest absolute Gasteiger partial charge is 0.160 e. The van der Waals surface area contributed by atoms with Crippen molar-refractivity contribution in [2.24, 2.45) is 0 Å². The van der Waals surface area contributed by atoms with E-state index in [1.165, 1.54) is 37.6 Å². The van der Waals surface area contributed by atoms with Crippen LogP contribution in [0.1, 0.15) is 0 Å². The number of thiophene rings is 1. The van der Waals surface area contributed by atoms with Gasteiger partial charge in [-0.2, -0.15) is 0 Å². The molecule has 0 aliphatic heterocycles. The molecule has 4 heteroatoms. The van der Waals surface area contributed by atoms with Crippen LogP contribution in [-0.4, -0.2) is 14.5 Å². The lowest BCUT2D eigenvalue weighted by molar-refractivity contribution is 1.18. The van der Waals surface area contributed by atoms with Gasteiger partial charge in [0, 0.05) is 37.7 Å². The SMILES string of the molecule is c1ccc(-c2nc(-c3ccccc3)c3sc4c(-c5ccc(-n6c7ccccc7c7ccccc76)cc5)cccc4c3n2)cc1. The third kappa shape index (κ3) is 3.89. The maximum absolute atomic E-state index is 5.16. The summed E-state index contributed by atoms with van der Waals surface area (Å²) in [4.78, 5) is 10.3. The number of fused-ring (bicyclic) bond motifs is 6. The Morgan fingerprint density at radius 2 is 1.02 bits per heavy atom. The van der Waals surface area contributed by atoms with Crippen LogP contribution in [0.15, 0.2) is 152 Å². The Kier molecular flexibility index (Phi) is 5.68. The summed E-state index contributed by atoms with van der Waals surface area (Å²) in [5, 5.41) is 3.70. The Morgan fingerprint density at radius 3 is 1.70 bits per heavy atom. The summed E-state index contributed by atoms with van der Waals surface area (Å²) in [6.07, 6.45) is 0. The molecule has 0 aliphatic carbocycles. The molecule has 9 rings (SSSR count). The average Bonchev–Trinajstić information content (AvgIpc) is 3.65. The Balaban J connectivity index is 1.23. The van der Waals surface area contributed by atoms with Gasteiger partial charge >= 0.3 is 0 Å². The summed E-state index contributed by atoms with van der Waals surface area (Å²) in [5.41, 5.74) is 10.1. The predicted molar refractivity (Wildman–Crippen MR) is 186 cm³/mol. The van der Waals surface area contributed by atoms with E-state index in [1.54, 1.807) is 11.3 Å². The monoisotopic (exact) mass is 579 g/mol. The molecule has 44 heavy (non-hydrogen) atoms. The summed E-state index contributed by atoms with van der Waals surface area (Å²) < 4.78 is 4.70. The van der Waals surface area contributed by atoms with Gasteiger partial charge in [0.05, 0.1) is 26.9 Å². The first-order chi connectivity index (χ1) is 21.8. The van der Waals surface area contributed by atoms with Crippen LogP contribution in [0.4, 0.5) is 0 Å². The molecule has 0 radical (unpaired) electrons. The number of para-hydroxylation sites is 2. The lowest BCUT2D eigenvalue weighted by Gasteiger charge is -2.10. The predicted octanol–water partition coefficient (Wildman–Crippen LogP) is 10.9. The van der Waals surface area contributed by atoms with Gasteiger partial charge in [0.15, 0.2) is 5.82 Å². The van der Waals surface area contributed by atoms with Crippen molar-refractivity contribution in [1.29, 1.82) is 0 Å². The van der Waals surface area contributed by atoms with Gasteiger partial charge in [-0.3, -0.25) is 0 Å². The van der Waals surface area contributed by atoms with Crippen LogP contribution in [0.25, 0.3) is 81.6 Å². The van der Waals surface area contributed by atoms with E-state index in [4.69, 9.17) is 9.97 Å². The van der Waals surface area contributed by atoms with Crippen LogP contribution >= 0.6 is 11.3 Å². The number of hydrogen-bond donors (Lipinski definition) is 0. The van der Waals surface area contributed by atoms with E-state index in [0.717, 1.165) is 43.9 Å². The fourth-order valence-corrected chi connectivity index (χ4v) is 7.68. The topological polar surface area (TPSA) is 30.7 Å². The maximum atomic E-state index is 5.16. The molecule has 0 aliphatic rings. The molecular weight excluding hydrogens is 555 g/mol. The van der Waals surface area contributed by atoms with E-state index in [-0.39, 0.29) is 0 Å². The highest BCUT2D eigenvalue weighted by Crippen LogP contribution is 2.43. The third-order valence-electron chi connectivity index (χ3n) is 8.44. The first-order valence-corrected chi connectivity index (χ1v) is 15.6. The fourth-order valence-electron chi connectivity index (χ4n) is 6.39. The number of aromatic nitrogens is 3. The highest BCUT2D eigenvalue weighted by atomic mass is 32.1. The van der Waals surface area contributed by atoms with Crippen molar-refractivity contribution in [2.75, 3.05) is 0 Å². The zero-order valence-electron chi connectivity index (χ0n) is 23.7. The highest BCUT2D eigenvalue weighted by Gasteiger charge is 2.19. The minimum absolute atomic E-state index is 0.748. The van der Waals surface area contributed by atoms with Gasteiger partial charge in [-0.1, -0.05) is 127 Å². The molecule has 0 amide bonds. The quantitative estimate of drug-likeness (QED) is 0.208. The van der Waals surface area contributed by atoms with Crippen molar-refractivity contribution in [1.82, 2.24) is 14.5 Å². The van der Waals surface area contributed by atoms with E-state index in [1.807, 2.05) is 24.3 Å². The molecule has 0 unspecified atom stereocenters. The molecule has 0 spiro atoms. The van der Waals surface area contributed by atoms with Gasteiger partial charge in [0.25, 0.3) is 0 Å². The van der Waals surface area contributed by atoms with E-state index >= 15 is 0 Å². The molecule has 0 saturated carbocycles. The fraction of sp³-hybridized carbons (Fsp3) is 0. The van der Waals surface area contributed by atoms with Gasteiger partial charge in [0.1, 0.15) is 0 Å². The second-order valence-corrected chi connectivity index (χ2v) is 12.0. The van der Waals surface area contributed by atoms with Crippen molar-refractivity contribution in [3.8, 4) is 39.5 Å². The highest BCUT2D eigenvalue weighted by molar-refractivity contribution is 7.26. The van der Waals surface area contributed by atoms with Crippen molar-refractivity contribution < 1.29 is 0 Å². The molecule has 3 aromatic heterocycles. The summed E-state index contributed by atoms with van der Waals surface area (Å²) in [7, 11) is 0. The minimum atomic E-state index is 0.748. The molecule has 0 N–H and O–H groups in total. The minimum Gasteiger partial charge on any atom is -0.309 e. The molecule has 0 fully saturated rings. The zero-order chi connectivity index (χ0) is 29.0. The second-order valence-electron chi connectivity index (χ2n) is 11.0. The lowest BCUT2D eigenvalue weighted by Crippen LogP contribution is -1.93. The molecule has 206 valence electrons. The summed E-state index contributed by atoms with van der Waals surface area (Å²) in [5.74, 6) is 0.748. The van der Waals surface area contributed by atoms with Gasteiger partial charge in [-0.15, -0.1) is 11.3 Å². The van der Waals surface area contributed by atoms with Crippen molar-refractivity contribution >= 4 is 53.4 Å². The Morgan fingerprint density at radius 1 is 0.432 bits per heavy atom. The maximum Gasteiger partial charge on any atom is 0.160 e. The van der Waals surface area contributed by atoms with Crippen molar-refractivity contribution in [3.05, 3.63) is 152 Å². The summed E-state index contributed by atoms with van der Waals surface area (Å²) in [6.45, 7) is 0. The molecule has 0 atom stereocenters. The molecule has 6 aromatic carbocycles. The van der Waals surface area contributed by atoms with E-state index in [0.29, 0.717) is 0 Å². The van der Waals surface area contributed by atoms with Crippen LogP contribution in [0.3, 0.4) is 0 Å².